The molecular weight excluding hydrogens is 767 g/mol. The Bertz CT molecular complexity index is 1710. The first-order valence-electron chi connectivity index (χ1n) is 20.3. The molecule has 0 bridgehead atoms. The third-order valence-electron chi connectivity index (χ3n) is 10.3. The van der Waals surface area contributed by atoms with E-state index in [4.69, 9.17) is 33.2 Å². The number of likely N-dealkylation sites (tertiary alicyclic amines) is 1. The van der Waals surface area contributed by atoms with Gasteiger partial charge >= 0.3 is 6.09 Å². The van der Waals surface area contributed by atoms with E-state index in [1.54, 1.807) is 19.2 Å². The van der Waals surface area contributed by atoms with Gasteiger partial charge in [-0.05, 0) is 72.3 Å². The second-order valence-electron chi connectivity index (χ2n) is 14.2. The molecule has 320 valence electrons. The van der Waals surface area contributed by atoms with Crippen LogP contribution in [0.4, 0.5) is 4.79 Å². The molecule has 1 amide bonds. The lowest BCUT2D eigenvalue weighted by atomic mass is 9.93. The van der Waals surface area contributed by atoms with Crippen LogP contribution in [0.2, 0.25) is 0 Å². The molecule has 5 rings (SSSR count). The Morgan fingerprint density at radius 2 is 1.22 bits per heavy atom. The number of ether oxygens (including phenoxy) is 7. The number of methoxy groups -OCH3 is 1. The maximum atomic E-state index is 13.4. The number of rotatable bonds is 30. The van der Waals surface area contributed by atoms with Crippen LogP contribution in [0.1, 0.15) is 47.9 Å². The van der Waals surface area contributed by atoms with E-state index in [-0.39, 0.29) is 24.0 Å². The van der Waals surface area contributed by atoms with Gasteiger partial charge in [-0.25, -0.2) is 17.9 Å². The fourth-order valence-electron chi connectivity index (χ4n) is 7.38. The zero-order chi connectivity index (χ0) is 40.8. The van der Waals surface area contributed by atoms with Gasteiger partial charge in [0.15, 0.2) is 0 Å². The van der Waals surface area contributed by atoms with E-state index in [1.807, 2.05) is 30.3 Å². The minimum atomic E-state index is -3.89. The molecule has 0 radical (unpaired) electrons. The smallest absolute Gasteiger partial charge is 0.407 e. The number of hydrogen-bond acceptors (Lipinski definition) is 11. The van der Waals surface area contributed by atoms with Crippen LogP contribution in [-0.4, -0.2) is 155 Å². The number of carbonyl (C=O) groups is 1. The average molecular weight is 828 g/mol. The van der Waals surface area contributed by atoms with Crippen LogP contribution >= 0.6 is 0 Å². The van der Waals surface area contributed by atoms with Gasteiger partial charge in [-0.2, -0.15) is 0 Å². The van der Waals surface area contributed by atoms with E-state index >= 15 is 0 Å². The molecule has 3 aromatic rings. The zero-order valence-corrected chi connectivity index (χ0v) is 34.6. The van der Waals surface area contributed by atoms with Gasteiger partial charge in [-0.15, -0.1) is 0 Å². The van der Waals surface area contributed by atoms with Gasteiger partial charge in [-0.3, -0.25) is 4.90 Å². The van der Waals surface area contributed by atoms with Gasteiger partial charge in [0, 0.05) is 32.7 Å². The first-order chi connectivity index (χ1) is 28.4. The van der Waals surface area contributed by atoms with Gasteiger partial charge < -0.3 is 43.2 Å². The molecule has 0 spiro atoms. The third kappa shape index (κ3) is 14.4. The van der Waals surface area contributed by atoms with Crippen molar-refractivity contribution in [3.8, 4) is 11.1 Å². The number of carboxylic acid groups (broad SMARTS) is 1. The highest BCUT2D eigenvalue weighted by molar-refractivity contribution is 7.89. The van der Waals surface area contributed by atoms with Crippen molar-refractivity contribution in [2.45, 2.75) is 36.1 Å². The monoisotopic (exact) mass is 827 g/mol. The second kappa shape index (κ2) is 25.2. The van der Waals surface area contributed by atoms with Crippen molar-refractivity contribution in [2.75, 3.05) is 126 Å². The maximum Gasteiger partial charge on any atom is 0.407 e. The Balaban J connectivity index is 1.02. The molecule has 1 aliphatic heterocycles. The van der Waals surface area contributed by atoms with Crippen molar-refractivity contribution in [2.24, 2.45) is 0 Å². The van der Waals surface area contributed by atoms with Gasteiger partial charge in [0.1, 0.15) is 0 Å². The molecule has 1 atom stereocenters. The molecule has 14 nitrogen and oxygen atoms in total. The molecule has 1 aliphatic carbocycles. The molecule has 0 aromatic heterocycles. The summed E-state index contributed by atoms with van der Waals surface area (Å²) in [6.45, 7) is 8.31. The van der Waals surface area contributed by atoms with Crippen LogP contribution in [0, 0.1) is 0 Å². The number of sulfonamides is 1. The van der Waals surface area contributed by atoms with Crippen molar-refractivity contribution in [3.05, 3.63) is 89.5 Å². The molecule has 15 heteroatoms. The van der Waals surface area contributed by atoms with Crippen LogP contribution in [0.15, 0.2) is 77.7 Å². The number of amides is 1. The van der Waals surface area contributed by atoms with Crippen LogP contribution < -0.4 is 4.72 Å². The van der Waals surface area contributed by atoms with E-state index in [2.05, 4.69) is 33.9 Å². The maximum absolute atomic E-state index is 13.4. The summed E-state index contributed by atoms with van der Waals surface area (Å²) in [5.41, 5.74) is 5.45. The standard InChI is InChI=1S/C43H61N3O11S/c1-51-21-22-53-25-26-55-29-30-57-32-31-56-28-27-54-24-23-52-20-16-44-58(49,50)36-10-8-9-35(33-36)42(34-45-17-6-7-18-45)46(43(47)48)19-15-41-39-13-4-2-11-37(39)38-12-3-5-14-40(38)41/h2-5,8-14,33,41-42,44H,6-7,15-32,34H2,1H3,(H,47,48)/t42-/m1/s1. The topological polar surface area (TPSA) is 155 Å². The summed E-state index contributed by atoms with van der Waals surface area (Å²) in [4.78, 5) is 16.9. The SMILES string of the molecule is COCCOCCOCCOCCOCCOCCOCCNS(=O)(=O)c1cccc([C@@H](CN2CCCC2)N(CCC2c3ccccc3-c3ccccc32)C(=O)O)c1. The van der Waals surface area contributed by atoms with Crippen molar-refractivity contribution in [1.29, 1.82) is 0 Å². The van der Waals surface area contributed by atoms with Crippen molar-refractivity contribution >= 4 is 16.1 Å². The summed E-state index contributed by atoms with van der Waals surface area (Å²) in [6, 6.07) is 22.8. The van der Waals surface area contributed by atoms with Gasteiger partial charge in [0.25, 0.3) is 0 Å². The first-order valence-corrected chi connectivity index (χ1v) is 21.8. The zero-order valence-electron chi connectivity index (χ0n) is 33.8. The normalized spacial score (nSPS) is 14.8. The first kappa shape index (κ1) is 45.6. The summed E-state index contributed by atoms with van der Waals surface area (Å²) < 4.78 is 67.2. The lowest BCUT2D eigenvalue weighted by Gasteiger charge is -2.34. The molecule has 1 fully saturated rings. The highest BCUT2D eigenvalue weighted by atomic mass is 32.2. The Morgan fingerprint density at radius 3 is 1.74 bits per heavy atom. The van der Waals surface area contributed by atoms with Crippen molar-refractivity contribution in [3.63, 3.8) is 0 Å². The van der Waals surface area contributed by atoms with Gasteiger partial charge in [0.05, 0.1) is 96.8 Å². The van der Waals surface area contributed by atoms with E-state index < -0.39 is 22.2 Å². The minimum Gasteiger partial charge on any atom is -0.465 e. The fourth-order valence-corrected chi connectivity index (χ4v) is 8.45. The predicted octanol–water partition coefficient (Wildman–Crippen LogP) is 5.03. The highest BCUT2D eigenvalue weighted by Crippen LogP contribution is 2.46. The third-order valence-corrected chi connectivity index (χ3v) is 11.7. The number of hydrogen-bond donors (Lipinski definition) is 2. The lowest BCUT2D eigenvalue weighted by Crippen LogP contribution is -2.41. The molecule has 1 heterocycles. The van der Waals surface area contributed by atoms with Crippen molar-refractivity contribution in [1.82, 2.24) is 14.5 Å². The number of nitrogens with one attached hydrogen (secondary N) is 1. The second-order valence-corrected chi connectivity index (χ2v) is 15.9. The van der Waals surface area contributed by atoms with E-state index in [0.717, 1.165) is 25.9 Å². The van der Waals surface area contributed by atoms with Crippen LogP contribution in [0.25, 0.3) is 11.1 Å². The van der Waals surface area contributed by atoms with Gasteiger partial charge in [0.2, 0.25) is 10.0 Å². The number of fused-ring (bicyclic) bond motifs is 3. The van der Waals surface area contributed by atoms with Gasteiger partial charge in [-0.1, -0.05) is 60.7 Å². The molecule has 1 saturated heterocycles. The molecular formula is C43H61N3O11S. The minimum absolute atomic E-state index is 0.0661. The molecule has 2 N–H and O–H groups in total. The molecule has 0 saturated carbocycles. The lowest BCUT2D eigenvalue weighted by molar-refractivity contribution is -0.0188. The summed E-state index contributed by atoms with van der Waals surface area (Å²) in [5, 5.41) is 10.6. The van der Waals surface area contributed by atoms with Crippen LogP contribution in [-0.2, 0) is 43.2 Å². The molecule has 3 aromatic carbocycles. The Labute approximate surface area is 343 Å². The van der Waals surface area contributed by atoms with Crippen LogP contribution in [0.3, 0.4) is 0 Å². The summed E-state index contributed by atoms with van der Waals surface area (Å²) >= 11 is 0. The molecule has 0 unspecified atom stereocenters. The Morgan fingerprint density at radius 1 is 0.724 bits per heavy atom. The molecule has 2 aliphatic rings. The van der Waals surface area contributed by atoms with E-state index in [1.165, 1.54) is 33.2 Å². The van der Waals surface area contributed by atoms with Crippen LogP contribution in [0.5, 0.6) is 0 Å². The Kier molecular flexibility index (Phi) is 19.8. The number of nitrogens with zero attached hydrogens (tertiary/aromatic N) is 2. The van der Waals surface area contributed by atoms with Crippen molar-refractivity contribution < 1.29 is 51.5 Å². The molecule has 58 heavy (non-hydrogen) atoms. The number of benzene rings is 3. The summed E-state index contributed by atoms with van der Waals surface area (Å²) in [7, 11) is -2.26. The van der Waals surface area contributed by atoms with E-state index in [0.29, 0.717) is 104 Å². The average Bonchev–Trinajstić information content (AvgIpc) is 3.87. The fraction of sp³-hybridized carbons (Fsp3) is 0.558. The highest BCUT2D eigenvalue weighted by Gasteiger charge is 2.33. The Hall–Kier alpha value is -3.48. The largest absolute Gasteiger partial charge is 0.465 e. The predicted molar refractivity (Wildman–Crippen MR) is 220 cm³/mol. The summed E-state index contributed by atoms with van der Waals surface area (Å²) in [6.07, 6.45) is 1.69. The van der Waals surface area contributed by atoms with E-state index in [9.17, 15) is 18.3 Å². The summed E-state index contributed by atoms with van der Waals surface area (Å²) in [5.74, 6) is 0.0661. The quantitative estimate of drug-likeness (QED) is 0.0867.